The summed E-state index contributed by atoms with van der Waals surface area (Å²) in [5.74, 6) is -0.211. The number of anilines is 1. The highest BCUT2D eigenvalue weighted by Crippen LogP contribution is 2.26. The topological polar surface area (TPSA) is 80.5 Å². The highest BCUT2D eigenvalue weighted by molar-refractivity contribution is 7.71. The van der Waals surface area contributed by atoms with Gasteiger partial charge in [-0.15, -0.1) is 11.3 Å². The number of hydrogen-bond donors (Lipinski definition) is 2. The van der Waals surface area contributed by atoms with Crippen molar-refractivity contribution in [2.45, 2.75) is 13.0 Å². The lowest BCUT2D eigenvalue weighted by Crippen LogP contribution is -2.24. The quantitative estimate of drug-likeness (QED) is 0.480. The smallest absolute Gasteiger partial charge is 0.247 e. The standard InChI is InChI=1S/C18H15FN6OS2/c1-11(25-16(22-23-18(25)27)15-3-2-8-28-15)17(26)21-12-4-5-14(13(19)9-12)24-7-6-20-10-24/h2-11H,1H3,(H,21,26)(H,23,27). The van der Waals surface area contributed by atoms with E-state index in [1.807, 2.05) is 17.5 Å². The summed E-state index contributed by atoms with van der Waals surface area (Å²) in [6.45, 7) is 1.72. The third-order valence-electron chi connectivity index (χ3n) is 4.21. The number of H-pyrrole nitrogens is 1. The molecule has 1 amide bonds. The monoisotopic (exact) mass is 414 g/mol. The number of aromatic nitrogens is 5. The lowest BCUT2D eigenvalue weighted by Gasteiger charge is -2.16. The van der Waals surface area contributed by atoms with Gasteiger partial charge in [-0.3, -0.25) is 14.5 Å². The molecule has 3 aromatic heterocycles. The summed E-state index contributed by atoms with van der Waals surface area (Å²) in [6, 6.07) is 7.66. The molecule has 2 N–H and O–H groups in total. The van der Waals surface area contributed by atoms with E-state index in [0.717, 1.165) is 4.88 Å². The number of nitrogens with one attached hydrogen (secondary N) is 2. The Morgan fingerprint density at radius 1 is 1.39 bits per heavy atom. The fourth-order valence-corrected chi connectivity index (χ4v) is 3.80. The molecular formula is C18H15FN6OS2. The summed E-state index contributed by atoms with van der Waals surface area (Å²) in [5, 5.41) is 11.6. The minimum absolute atomic E-state index is 0.329. The van der Waals surface area contributed by atoms with Gasteiger partial charge in [-0.05, 0) is 48.8 Å². The van der Waals surface area contributed by atoms with Crippen LogP contribution in [0.3, 0.4) is 0 Å². The van der Waals surface area contributed by atoms with Crippen LogP contribution in [-0.4, -0.2) is 30.2 Å². The molecule has 3 heterocycles. The Hall–Kier alpha value is -3.11. The van der Waals surface area contributed by atoms with Crippen molar-refractivity contribution in [3.63, 3.8) is 0 Å². The average Bonchev–Trinajstić information content (AvgIpc) is 3.43. The molecule has 1 unspecified atom stereocenters. The van der Waals surface area contributed by atoms with Gasteiger partial charge in [0.2, 0.25) is 5.91 Å². The summed E-state index contributed by atoms with van der Waals surface area (Å²) in [5.41, 5.74) is 0.700. The Morgan fingerprint density at radius 3 is 2.93 bits per heavy atom. The maximum absolute atomic E-state index is 14.4. The molecule has 7 nitrogen and oxygen atoms in total. The van der Waals surface area contributed by atoms with Crippen molar-refractivity contribution in [1.82, 2.24) is 24.3 Å². The van der Waals surface area contributed by atoms with E-state index in [1.54, 1.807) is 40.6 Å². The van der Waals surface area contributed by atoms with Crippen LogP contribution in [0.4, 0.5) is 10.1 Å². The molecule has 142 valence electrons. The van der Waals surface area contributed by atoms with Gasteiger partial charge in [0, 0.05) is 18.1 Å². The lowest BCUT2D eigenvalue weighted by atomic mass is 10.2. The van der Waals surface area contributed by atoms with Crippen LogP contribution in [0.5, 0.6) is 0 Å². The zero-order chi connectivity index (χ0) is 19.7. The fraction of sp³-hybridized carbons (Fsp3) is 0.111. The Labute approximate surface area is 168 Å². The minimum Gasteiger partial charge on any atom is -0.324 e. The summed E-state index contributed by atoms with van der Waals surface area (Å²) in [4.78, 5) is 17.6. The number of thiophene rings is 1. The van der Waals surface area contributed by atoms with Gasteiger partial charge in [0.15, 0.2) is 10.6 Å². The van der Waals surface area contributed by atoms with Crippen LogP contribution >= 0.6 is 23.6 Å². The second-order valence-electron chi connectivity index (χ2n) is 6.00. The molecule has 4 rings (SSSR count). The molecule has 4 aromatic rings. The molecule has 0 aliphatic rings. The van der Waals surface area contributed by atoms with Crippen LogP contribution in [0.25, 0.3) is 16.4 Å². The van der Waals surface area contributed by atoms with E-state index in [0.29, 0.717) is 22.0 Å². The van der Waals surface area contributed by atoms with Gasteiger partial charge >= 0.3 is 0 Å². The van der Waals surface area contributed by atoms with E-state index in [1.165, 1.54) is 23.7 Å². The molecule has 1 aromatic carbocycles. The third kappa shape index (κ3) is 3.39. The highest BCUT2D eigenvalue weighted by atomic mass is 32.1. The molecule has 1 atom stereocenters. The predicted octanol–water partition coefficient (Wildman–Crippen LogP) is 4.19. The molecule has 0 aliphatic heterocycles. The number of nitrogens with zero attached hydrogens (tertiary/aromatic N) is 4. The first-order valence-corrected chi connectivity index (χ1v) is 9.63. The number of carbonyl (C=O) groups excluding carboxylic acids is 1. The number of amides is 1. The number of halogens is 1. The van der Waals surface area contributed by atoms with E-state index >= 15 is 0 Å². The number of hydrogen-bond acceptors (Lipinski definition) is 5. The molecule has 0 bridgehead atoms. The number of carbonyl (C=O) groups is 1. The normalized spacial score (nSPS) is 12.1. The lowest BCUT2D eigenvalue weighted by molar-refractivity contribution is -0.118. The molecular weight excluding hydrogens is 399 g/mol. The van der Waals surface area contributed by atoms with E-state index in [4.69, 9.17) is 12.2 Å². The summed E-state index contributed by atoms with van der Waals surface area (Å²) in [6.07, 6.45) is 4.72. The van der Waals surface area contributed by atoms with Crippen molar-refractivity contribution in [3.8, 4) is 16.4 Å². The van der Waals surface area contributed by atoms with E-state index in [9.17, 15) is 9.18 Å². The first-order chi connectivity index (χ1) is 13.5. The van der Waals surface area contributed by atoms with Crippen molar-refractivity contribution in [3.05, 3.63) is 65.0 Å². The van der Waals surface area contributed by atoms with Gasteiger partial charge < -0.3 is 9.88 Å². The maximum Gasteiger partial charge on any atom is 0.247 e. The van der Waals surface area contributed by atoms with Crippen LogP contribution in [0.1, 0.15) is 13.0 Å². The Morgan fingerprint density at radius 2 is 2.25 bits per heavy atom. The Balaban J connectivity index is 1.57. The van der Waals surface area contributed by atoms with Crippen molar-refractivity contribution in [1.29, 1.82) is 0 Å². The molecule has 10 heteroatoms. The number of imidazole rings is 1. The third-order valence-corrected chi connectivity index (χ3v) is 5.36. The van der Waals surface area contributed by atoms with Gasteiger partial charge in [-0.2, -0.15) is 5.10 Å². The summed E-state index contributed by atoms with van der Waals surface area (Å²) in [7, 11) is 0. The number of aromatic amines is 1. The first kappa shape index (κ1) is 18.3. The van der Waals surface area contributed by atoms with E-state index < -0.39 is 11.9 Å². The van der Waals surface area contributed by atoms with Crippen molar-refractivity contribution < 1.29 is 9.18 Å². The van der Waals surface area contributed by atoms with Gasteiger partial charge in [-0.25, -0.2) is 9.37 Å². The molecule has 0 saturated carbocycles. The molecule has 0 radical (unpaired) electrons. The van der Waals surface area contributed by atoms with Crippen LogP contribution in [-0.2, 0) is 4.79 Å². The van der Waals surface area contributed by atoms with Crippen molar-refractivity contribution in [2.24, 2.45) is 0 Å². The number of rotatable bonds is 5. The summed E-state index contributed by atoms with van der Waals surface area (Å²) < 4.78 is 18.0. The van der Waals surface area contributed by atoms with Gasteiger partial charge in [0.05, 0.1) is 16.9 Å². The van der Waals surface area contributed by atoms with Gasteiger partial charge in [0.1, 0.15) is 11.9 Å². The largest absolute Gasteiger partial charge is 0.324 e. The predicted molar refractivity (Wildman–Crippen MR) is 108 cm³/mol. The van der Waals surface area contributed by atoms with Crippen molar-refractivity contribution >= 4 is 35.1 Å². The molecule has 28 heavy (non-hydrogen) atoms. The molecule has 0 spiro atoms. The SMILES string of the molecule is CC(C(=O)Nc1ccc(-n2ccnc2)c(F)c1)n1c(-c2cccs2)n[nH]c1=S. The van der Waals surface area contributed by atoms with E-state index in [-0.39, 0.29) is 5.91 Å². The zero-order valence-corrected chi connectivity index (χ0v) is 16.3. The van der Waals surface area contributed by atoms with Gasteiger partial charge in [0.25, 0.3) is 0 Å². The van der Waals surface area contributed by atoms with E-state index in [2.05, 4.69) is 20.5 Å². The molecule has 0 aliphatic carbocycles. The van der Waals surface area contributed by atoms with Crippen LogP contribution in [0, 0.1) is 10.6 Å². The summed E-state index contributed by atoms with van der Waals surface area (Å²) >= 11 is 6.79. The second-order valence-corrected chi connectivity index (χ2v) is 7.34. The highest BCUT2D eigenvalue weighted by Gasteiger charge is 2.21. The molecule has 0 saturated heterocycles. The Bertz CT molecular complexity index is 1160. The van der Waals surface area contributed by atoms with Crippen molar-refractivity contribution in [2.75, 3.05) is 5.32 Å². The van der Waals surface area contributed by atoms with Crippen LogP contribution in [0.2, 0.25) is 0 Å². The maximum atomic E-state index is 14.4. The van der Waals surface area contributed by atoms with Crippen LogP contribution < -0.4 is 5.32 Å². The van der Waals surface area contributed by atoms with Crippen LogP contribution in [0.15, 0.2) is 54.4 Å². The first-order valence-electron chi connectivity index (χ1n) is 8.34. The average molecular weight is 414 g/mol. The van der Waals surface area contributed by atoms with Gasteiger partial charge in [-0.1, -0.05) is 6.07 Å². The second kappa shape index (κ2) is 7.49. The fourth-order valence-electron chi connectivity index (χ4n) is 2.80. The number of benzene rings is 1. The minimum atomic E-state index is -0.639. The molecule has 0 fully saturated rings. The zero-order valence-electron chi connectivity index (χ0n) is 14.7. The Kier molecular flexibility index (Phi) is 4.88.